The molecule has 0 saturated heterocycles. The highest BCUT2D eigenvalue weighted by molar-refractivity contribution is 5.81. The molecule has 5 heteroatoms. The minimum atomic E-state index is -0.424. The second-order valence-electron chi connectivity index (χ2n) is 6.89. The molecular formula is C26H26O5. The van der Waals surface area contributed by atoms with Crippen LogP contribution in [0.25, 0.3) is 0 Å². The van der Waals surface area contributed by atoms with Crippen molar-refractivity contribution in [3.8, 4) is 23.0 Å². The molecule has 160 valence electrons. The molecule has 0 atom stereocenters. The molecule has 0 saturated carbocycles. The summed E-state index contributed by atoms with van der Waals surface area (Å²) in [5.74, 6) is 2.52. The first-order valence-electron chi connectivity index (χ1n) is 10.1. The normalized spacial score (nSPS) is 10.2. The van der Waals surface area contributed by atoms with E-state index in [0.29, 0.717) is 32.0 Å². The summed E-state index contributed by atoms with van der Waals surface area (Å²) in [6.45, 7) is 6.70. The van der Waals surface area contributed by atoms with Gasteiger partial charge >= 0.3 is 5.97 Å². The number of hydrogen-bond acceptors (Lipinski definition) is 5. The topological polar surface area (TPSA) is 54.0 Å². The lowest BCUT2D eigenvalue weighted by Gasteiger charge is -2.10. The van der Waals surface area contributed by atoms with E-state index in [4.69, 9.17) is 18.9 Å². The van der Waals surface area contributed by atoms with E-state index in [0.717, 1.165) is 28.9 Å². The number of hydrogen-bond donors (Lipinski definition) is 0. The fourth-order valence-corrected chi connectivity index (χ4v) is 2.68. The Labute approximate surface area is 182 Å². The summed E-state index contributed by atoms with van der Waals surface area (Å²) >= 11 is 0. The van der Waals surface area contributed by atoms with Crippen LogP contribution in [0.15, 0.2) is 85.5 Å². The fourth-order valence-electron chi connectivity index (χ4n) is 2.68. The van der Waals surface area contributed by atoms with Crippen LogP contribution in [0.4, 0.5) is 0 Å². The molecular weight excluding hydrogens is 392 g/mol. The van der Waals surface area contributed by atoms with Crippen LogP contribution >= 0.6 is 0 Å². The predicted octanol–water partition coefficient (Wildman–Crippen LogP) is 5.86. The number of carbonyl (C=O) groups excluding carboxylic acids is 1. The van der Waals surface area contributed by atoms with E-state index in [1.165, 1.54) is 5.56 Å². The zero-order valence-electron chi connectivity index (χ0n) is 17.6. The average Bonchev–Trinajstić information content (AvgIpc) is 2.80. The molecule has 0 aliphatic carbocycles. The number of carbonyl (C=O) groups is 1. The minimum Gasteiger partial charge on any atom is -0.493 e. The van der Waals surface area contributed by atoms with Crippen LogP contribution < -0.4 is 14.2 Å². The molecule has 0 unspecified atom stereocenters. The molecule has 0 fully saturated rings. The van der Waals surface area contributed by atoms with Crippen molar-refractivity contribution in [2.45, 2.75) is 20.0 Å². The van der Waals surface area contributed by atoms with E-state index in [9.17, 15) is 4.79 Å². The Morgan fingerprint density at radius 2 is 1.32 bits per heavy atom. The Hall–Kier alpha value is -3.73. The van der Waals surface area contributed by atoms with E-state index < -0.39 is 5.97 Å². The van der Waals surface area contributed by atoms with Crippen LogP contribution in [0.2, 0.25) is 0 Å². The second-order valence-corrected chi connectivity index (χ2v) is 6.89. The Kier molecular flexibility index (Phi) is 8.12. The van der Waals surface area contributed by atoms with Gasteiger partial charge in [-0.05, 0) is 61.0 Å². The quantitative estimate of drug-likeness (QED) is 0.222. The van der Waals surface area contributed by atoms with Crippen LogP contribution in [0.5, 0.6) is 23.0 Å². The molecule has 0 radical (unpaired) electrons. The van der Waals surface area contributed by atoms with Crippen LogP contribution in [0.1, 0.15) is 17.5 Å². The lowest BCUT2D eigenvalue weighted by atomic mass is 10.2. The molecule has 0 aliphatic heterocycles. The van der Waals surface area contributed by atoms with Crippen LogP contribution in [-0.2, 0) is 16.1 Å². The molecule has 3 aromatic carbocycles. The molecule has 0 aliphatic rings. The Morgan fingerprint density at radius 1 is 0.774 bits per heavy atom. The summed E-state index contributed by atoms with van der Waals surface area (Å²) in [5, 5.41) is 0. The maximum Gasteiger partial charge on any atom is 0.330 e. The van der Waals surface area contributed by atoms with E-state index in [1.807, 2.05) is 48.5 Å². The lowest BCUT2D eigenvalue weighted by Crippen LogP contribution is -2.06. The molecule has 0 spiro atoms. The molecule has 5 nitrogen and oxygen atoms in total. The highest BCUT2D eigenvalue weighted by atomic mass is 16.5. The Morgan fingerprint density at radius 3 is 1.90 bits per heavy atom. The number of aryl methyl sites for hydroxylation is 1. The lowest BCUT2D eigenvalue weighted by molar-refractivity contribution is -0.137. The van der Waals surface area contributed by atoms with Gasteiger partial charge in [-0.1, -0.05) is 36.4 Å². The number of benzene rings is 3. The molecule has 0 aromatic heterocycles. The van der Waals surface area contributed by atoms with E-state index in [1.54, 1.807) is 0 Å². The first kappa shape index (κ1) is 22.0. The zero-order valence-corrected chi connectivity index (χ0v) is 17.6. The van der Waals surface area contributed by atoms with Crippen molar-refractivity contribution in [2.75, 3.05) is 13.2 Å². The van der Waals surface area contributed by atoms with Crippen molar-refractivity contribution in [2.24, 2.45) is 0 Å². The molecule has 0 N–H and O–H groups in total. The van der Waals surface area contributed by atoms with Gasteiger partial charge in [-0.2, -0.15) is 0 Å². The highest BCUT2D eigenvalue weighted by Crippen LogP contribution is 2.26. The van der Waals surface area contributed by atoms with Gasteiger partial charge in [0.15, 0.2) is 0 Å². The maximum atomic E-state index is 11.0. The minimum absolute atomic E-state index is 0.302. The first-order valence-corrected chi connectivity index (χ1v) is 10.1. The third-order valence-corrected chi connectivity index (χ3v) is 4.38. The van der Waals surface area contributed by atoms with Crippen molar-refractivity contribution >= 4 is 5.97 Å². The van der Waals surface area contributed by atoms with Crippen molar-refractivity contribution in [3.05, 3.63) is 96.6 Å². The van der Waals surface area contributed by atoms with Gasteiger partial charge in [-0.25, -0.2) is 4.79 Å². The molecule has 3 rings (SSSR count). The van der Waals surface area contributed by atoms with Crippen molar-refractivity contribution in [1.82, 2.24) is 0 Å². The number of rotatable bonds is 11. The maximum absolute atomic E-state index is 11.0. The van der Waals surface area contributed by atoms with E-state index in [2.05, 4.69) is 37.8 Å². The Bertz CT molecular complexity index is 960. The van der Waals surface area contributed by atoms with E-state index >= 15 is 0 Å². The number of ether oxygens (including phenoxy) is 4. The van der Waals surface area contributed by atoms with Crippen LogP contribution in [0, 0.1) is 6.92 Å². The SMILES string of the molecule is C=CC(=O)OCCCOc1ccc(Oc2ccc(OCc3ccc(C)cc3)cc2)cc1. The summed E-state index contributed by atoms with van der Waals surface area (Å²) in [7, 11) is 0. The van der Waals surface area contributed by atoms with Gasteiger partial charge in [0.05, 0.1) is 13.2 Å². The van der Waals surface area contributed by atoms with Gasteiger partial charge in [-0.3, -0.25) is 0 Å². The summed E-state index contributed by atoms with van der Waals surface area (Å²) in [4.78, 5) is 11.0. The Balaban J connectivity index is 1.41. The molecule has 3 aromatic rings. The van der Waals surface area contributed by atoms with Gasteiger partial charge in [0.1, 0.15) is 29.6 Å². The summed E-state index contributed by atoms with van der Waals surface area (Å²) in [5.41, 5.74) is 2.36. The van der Waals surface area contributed by atoms with Crippen molar-refractivity contribution in [1.29, 1.82) is 0 Å². The van der Waals surface area contributed by atoms with Crippen molar-refractivity contribution in [3.63, 3.8) is 0 Å². The van der Waals surface area contributed by atoms with Gasteiger partial charge in [-0.15, -0.1) is 0 Å². The third kappa shape index (κ3) is 7.55. The smallest absolute Gasteiger partial charge is 0.330 e. The zero-order chi connectivity index (χ0) is 21.9. The second kappa shape index (κ2) is 11.5. The summed E-state index contributed by atoms with van der Waals surface area (Å²) in [6, 6.07) is 23.2. The molecule has 31 heavy (non-hydrogen) atoms. The molecule has 0 amide bonds. The summed E-state index contributed by atoms with van der Waals surface area (Å²) < 4.78 is 22.2. The third-order valence-electron chi connectivity index (χ3n) is 4.38. The van der Waals surface area contributed by atoms with Crippen LogP contribution in [-0.4, -0.2) is 19.2 Å². The van der Waals surface area contributed by atoms with Gasteiger partial charge in [0.25, 0.3) is 0 Å². The predicted molar refractivity (Wildman–Crippen MR) is 120 cm³/mol. The van der Waals surface area contributed by atoms with Gasteiger partial charge in [0, 0.05) is 12.5 Å². The number of esters is 1. The van der Waals surface area contributed by atoms with Gasteiger partial charge < -0.3 is 18.9 Å². The first-order chi connectivity index (χ1) is 15.1. The molecule has 0 heterocycles. The van der Waals surface area contributed by atoms with Crippen LogP contribution in [0.3, 0.4) is 0 Å². The van der Waals surface area contributed by atoms with Gasteiger partial charge in [0.2, 0.25) is 0 Å². The standard InChI is InChI=1S/C26H26O5/c1-3-26(27)29-18-4-17-28-22-9-13-24(14-10-22)31-25-15-11-23(12-16-25)30-19-21-7-5-20(2)6-8-21/h3,5-16H,1,4,17-19H2,2H3. The highest BCUT2D eigenvalue weighted by Gasteiger charge is 2.02. The largest absolute Gasteiger partial charge is 0.493 e. The summed E-state index contributed by atoms with van der Waals surface area (Å²) in [6.07, 6.45) is 1.75. The van der Waals surface area contributed by atoms with Crippen molar-refractivity contribution < 1.29 is 23.7 Å². The van der Waals surface area contributed by atoms with E-state index in [-0.39, 0.29) is 0 Å². The monoisotopic (exact) mass is 418 g/mol. The fraction of sp³-hybridized carbons (Fsp3) is 0.192. The average molecular weight is 418 g/mol. The molecule has 0 bridgehead atoms.